The van der Waals surface area contributed by atoms with Crippen LogP contribution in [-0.4, -0.2) is 98.1 Å². The van der Waals surface area contributed by atoms with E-state index in [0.717, 1.165) is 19.3 Å². The SMILES string of the molecule is CC(C)(C)CC(C)(C)CNC(=O)CCN(CCO)CCN(CCC(=O)NCC(C)(C)CC(C)(C)C)CCC(=O)NCC(C)(C)CC(C)(C)C. The summed E-state index contributed by atoms with van der Waals surface area (Å²) < 4.78 is 0. The minimum atomic E-state index is -0.00805. The predicted octanol–water partition coefficient (Wildman–Crippen LogP) is 6.49. The van der Waals surface area contributed by atoms with Crippen LogP contribution in [0.15, 0.2) is 0 Å². The fourth-order valence-corrected chi connectivity index (χ4v) is 7.65. The molecule has 0 aliphatic rings. The summed E-state index contributed by atoms with van der Waals surface area (Å²) in [6, 6.07) is 0. The molecule has 9 nitrogen and oxygen atoms in total. The zero-order chi connectivity index (χ0) is 38.3. The Bertz CT molecular complexity index is 938. The van der Waals surface area contributed by atoms with Gasteiger partial charge in [0.15, 0.2) is 0 Å². The van der Waals surface area contributed by atoms with Crippen LogP contribution < -0.4 is 16.0 Å². The normalized spacial score (nSPS) is 13.6. The third-order valence-electron chi connectivity index (χ3n) is 8.43. The van der Waals surface area contributed by atoms with Crippen LogP contribution in [0.4, 0.5) is 0 Å². The lowest BCUT2D eigenvalue weighted by Gasteiger charge is -2.33. The summed E-state index contributed by atoms with van der Waals surface area (Å²) in [6.07, 6.45) is 4.05. The minimum absolute atomic E-state index is 0.000251. The molecule has 0 saturated heterocycles. The van der Waals surface area contributed by atoms with Crippen molar-refractivity contribution in [1.29, 1.82) is 0 Å². The molecule has 4 N–H and O–H groups in total. The molecule has 290 valence electrons. The molecule has 0 aromatic heterocycles. The molecule has 0 heterocycles. The molecule has 0 rings (SSSR count). The third kappa shape index (κ3) is 27.7. The number of carbonyl (C=O) groups is 3. The molecule has 0 atom stereocenters. The number of rotatable bonds is 23. The highest BCUT2D eigenvalue weighted by molar-refractivity contribution is 5.77. The molecule has 0 fully saturated rings. The van der Waals surface area contributed by atoms with Crippen LogP contribution in [0.3, 0.4) is 0 Å². The van der Waals surface area contributed by atoms with E-state index in [4.69, 9.17) is 0 Å². The summed E-state index contributed by atoms with van der Waals surface area (Å²) in [5, 5.41) is 19.2. The van der Waals surface area contributed by atoms with Gasteiger partial charge >= 0.3 is 0 Å². The monoisotopic (exact) mass is 696 g/mol. The first-order valence-corrected chi connectivity index (χ1v) is 18.9. The highest BCUT2D eigenvalue weighted by atomic mass is 16.3. The van der Waals surface area contributed by atoms with Crippen LogP contribution in [0.5, 0.6) is 0 Å². The third-order valence-corrected chi connectivity index (χ3v) is 8.43. The highest BCUT2D eigenvalue weighted by Crippen LogP contribution is 2.34. The molecule has 0 radical (unpaired) electrons. The smallest absolute Gasteiger partial charge is 0.221 e. The van der Waals surface area contributed by atoms with E-state index >= 15 is 0 Å². The van der Waals surface area contributed by atoms with Crippen LogP contribution in [0.2, 0.25) is 0 Å². The number of aliphatic hydroxyl groups is 1. The van der Waals surface area contributed by atoms with E-state index in [1.165, 1.54) is 0 Å². The van der Waals surface area contributed by atoms with Crippen molar-refractivity contribution in [2.24, 2.45) is 32.5 Å². The lowest BCUT2D eigenvalue weighted by atomic mass is 9.76. The van der Waals surface area contributed by atoms with Gasteiger partial charge in [-0.25, -0.2) is 0 Å². The molecule has 0 saturated carbocycles. The maximum atomic E-state index is 12.9. The van der Waals surface area contributed by atoms with Crippen molar-refractivity contribution < 1.29 is 19.5 Å². The van der Waals surface area contributed by atoms with E-state index in [-0.39, 0.29) is 56.8 Å². The Balaban J connectivity index is 5.31. The number of hydrogen-bond acceptors (Lipinski definition) is 6. The first-order chi connectivity index (χ1) is 22.0. The van der Waals surface area contributed by atoms with E-state index in [1.54, 1.807) is 0 Å². The van der Waals surface area contributed by atoms with Gasteiger partial charge < -0.3 is 26.0 Å². The van der Waals surface area contributed by atoms with E-state index in [1.807, 2.05) is 0 Å². The van der Waals surface area contributed by atoms with Crippen molar-refractivity contribution in [1.82, 2.24) is 25.8 Å². The fourth-order valence-electron chi connectivity index (χ4n) is 7.65. The van der Waals surface area contributed by atoms with Gasteiger partial charge in [0.2, 0.25) is 17.7 Å². The van der Waals surface area contributed by atoms with Crippen molar-refractivity contribution in [2.45, 2.75) is 142 Å². The highest BCUT2D eigenvalue weighted by Gasteiger charge is 2.28. The zero-order valence-electron chi connectivity index (χ0n) is 34.9. The van der Waals surface area contributed by atoms with Crippen molar-refractivity contribution in [3.8, 4) is 0 Å². The molecule has 0 bridgehead atoms. The summed E-state index contributed by atoms with van der Waals surface area (Å²) >= 11 is 0. The summed E-state index contributed by atoms with van der Waals surface area (Å²) in [5.74, 6) is 0.0381. The molecule has 0 aliphatic heterocycles. The van der Waals surface area contributed by atoms with Crippen LogP contribution in [0, 0.1) is 32.5 Å². The maximum Gasteiger partial charge on any atom is 0.221 e. The van der Waals surface area contributed by atoms with Gasteiger partial charge in [0.05, 0.1) is 6.61 Å². The van der Waals surface area contributed by atoms with Gasteiger partial charge in [-0.15, -0.1) is 0 Å². The average molecular weight is 696 g/mol. The largest absolute Gasteiger partial charge is 0.395 e. The summed E-state index contributed by atoms with van der Waals surface area (Å²) in [4.78, 5) is 42.9. The van der Waals surface area contributed by atoms with E-state index < -0.39 is 0 Å². The van der Waals surface area contributed by atoms with E-state index in [9.17, 15) is 19.5 Å². The number of hydrogen-bond donors (Lipinski definition) is 4. The van der Waals surface area contributed by atoms with Crippen LogP contribution in [-0.2, 0) is 14.4 Å². The van der Waals surface area contributed by atoms with Crippen LogP contribution in [0.1, 0.15) is 142 Å². The second kappa shape index (κ2) is 20.4. The van der Waals surface area contributed by atoms with Crippen molar-refractivity contribution in [2.75, 3.05) is 65.5 Å². The van der Waals surface area contributed by atoms with Crippen molar-refractivity contribution >= 4 is 17.7 Å². The summed E-state index contributed by atoms with van der Waals surface area (Å²) in [5.41, 5.74) is 0.528. The molecule has 49 heavy (non-hydrogen) atoms. The second-order valence-electron chi connectivity index (χ2n) is 20.7. The van der Waals surface area contributed by atoms with Gasteiger partial charge in [0.25, 0.3) is 0 Å². The second-order valence-corrected chi connectivity index (χ2v) is 20.7. The fraction of sp³-hybridized carbons (Fsp3) is 0.925. The first kappa shape index (κ1) is 47.3. The Hall–Kier alpha value is -1.71. The van der Waals surface area contributed by atoms with Gasteiger partial charge in [-0.2, -0.15) is 0 Å². The molecule has 9 heteroatoms. The molecule has 0 aromatic rings. The van der Waals surface area contributed by atoms with Crippen molar-refractivity contribution in [3.05, 3.63) is 0 Å². The summed E-state index contributed by atoms with van der Waals surface area (Å²) in [7, 11) is 0. The Morgan fingerprint density at radius 1 is 0.429 bits per heavy atom. The van der Waals surface area contributed by atoms with E-state index in [0.29, 0.717) is 78.2 Å². The van der Waals surface area contributed by atoms with Crippen LogP contribution in [0.25, 0.3) is 0 Å². The molecule has 3 amide bonds. The quantitative estimate of drug-likeness (QED) is 0.0973. The van der Waals surface area contributed by atoms with Gasteiger partial charge in [-0.1, -0.05) is 104 Å². The topological polar surface area (TPSA) is 114 Å². The molecule has 0 unspecified atom stereocenters. The van der Waals surface area contributed by atoms with Crippen molar-refractivity contribution in [3.63, 3.8) is 0 Å². The number of nitrogens with one attached hydrogen (secondary N) is 3. The summed E-state index contributed by atoms with van der Waals surface area (Å²) in [6.45, 7) is 38.3. The predicted molar refractivity (Wildman–Crippen MR) is 206 cm³/mol. The number of amides is 3. The Kier molecular flexibility index (Phi) is 19.6. The number of nitrogens with zero attached hydrogens (tertiary/aromatic N) is 2. The number of carbonyl (C=O) groups excluding carboxylic acids is 3. The zero-order valence-corrected chi connectivity index (χ0v) is 34.9. The first-order valence-electron chi connectivity index (χ1n) is 18.9. The van der Waals surface area contributed by atoms with Crippen LogP contribution >= 0.6 is 0 Å². The maximum absolute atomic E-state index is 12.9. The lowest BCUT2D eigenvalue weighted by Crippen LogP contribution is -2.43. The molecular formula is C40H81N5O4. The average Bonchev–Trinajstić information content (AvgIpc) is 2.88. The standard InChI is InChI=1S/C40H81N5O4/c1-35(2,3)26-38(10,11)29-41-32(47)16-19-44(20-17-33(48)42-30-39(12,13)27-36(4,5)6)22-23-45(24-25-46)21-18-34(49)43-31-40(14,15)28-37(7,8)9/h46H,16-31H2,1-15H3,(H,41,47)(H,42,48)(H,43,49). The van der Waals surface area contributed by atoms with Gasteiger partial charge in [0, 0.05) is 78.2 Å². The minimum Gasteiger partial charge on any atom is -0.395 e. The van der Waals surface area contributed by atoms with Gasteiger partial charge in [0.1, 0.15) is 0 Å². The molecule has 0 spiro atoms. The molecule has 0 aromatic carbocycles. The van der Waals surface area contributed by atoms with Gasteiger partial charge in [-0.3, -0.25) is 19.3 Å². The molecular weight excluding hydrogens is 614 g/mol. The van der Waals surface area contributed by atoms with Gasteiger partial charge in [-0.05, 0) is 51.8 Å². The Labute approximate surface area is 302 Å². The Morgan fingerprint density at radius 2 is 0.673 bits per heavy atom. The number of aliphatic hydroxyl groups excluding tert-OH is 1. The molecule has 0 aliphatic carbocycles. The lowest BCUT2D eigenvalue weighted by molar-refractivity contribution is -0.123. The Morgan fingerprint density at radius 3 is 0.898 bits per heavy atom. The van der Waals surface area contributed by atoms with E-state index in [2.05, 4.69) is 130 Å².